The van der Waals surface area contributed by atoms with Crippen LogP contribution in [-0.4, -0.2) is 0 Å². The Labute approximate surface area is 293 Å². The van der Waals surface area contributed by atoms with Gasteiger partial charge in [0.1, 0.15) is 0 Å². The lowest BCUT2D eigenvalue weighted by Gasteiger charge is -2.40. The van der Waals surface area contributed by atoms with Crippen molar-refractivity contribution in [2.45, 2.75) is 60.2 Å². The summed E-state index contributed by atoms with van der Waals surface area (Å²) in [7, 11) is 0. The van der Waals surface area contributed by atoms with Gasteiger partial charge in [-0.15, -0.1) is 0 Å². The fourth-order valence-corrected chi connectivity index (χ4v) is 10.7. The second kappa shape index (κ2) is 10.6. The predicted octanol–water partition coefficient (Wildman–Crippen LogP) is 12.7. The van der Waals surface area contributed by atoms with Gasteiger partial charge in [-0.2, -0.15) is 0 Å². The van der Waals surface area contributed by atoms with Crippen molar-refractivity contribution < 1.29 is 0 Å². The highest BCUT2D eigenvalue weighted by atomic mass is 32.2. The molecule has 7 aromatic rings. The maximum absolute atomic E-state index is 2.58. The number of rotatable bonds is 4. The zero-order valence-corrected chi connectivity index (χ0v) is 29.1. The molecule has 236 valence electrons. The van der Waals surface area contributed by atoms with E-state index in [0.717, 1.165) is 12.8 Å². The van der Waals surface area contributed by atoms with Gasteiger partial charge in [-0.1, -0.05) is 154 Å². The molecule has 0 saturated carbocycles. The Morgan fingerprint density at radius 1 is 0.490 bits per heavy atom. The third-order valence-electron chi connectivity index (χ3n) is 11.9. The van der Waals surface area contributed by atoms with E-state index in [9.17, 15) is 0 Å². The minimum absolute atomic E-state index is 0.00920. The van der Waals surface area contributed by atoms with E-state index in [1.54, 1.807) is 0 Å². The second-order valence-electron chi connectivity index (χ2n) is 14.8. The second-order valence-corrected chi connectivity index (χ2v) is 15.8. The van der Waals surface area contributed by atoms with Gasteiger partial charge in [0.25, 0.3) is 0 Å². The molecule has 1 spiro atoms. The summed E-state index contributed by atoms with van der Waals surface area (Å²) in [6.07, 6.45) is 2.12. The standard InChI is InChI=1S/C48H38S/c1-4-31(34-22-24-36-35-15-7-8-16-39(35)47(2,3)42(36)28-34)25-30-21-23-37-38-27-32-13-5-6-14-33(32)29-44(38)48(43(37)26-30)40-17-9-11-19-45(40)49-46-20-12-10-18-41(46)48/h5-24,26-29,31H,4,25H2,1-3H3. The molecule has 10 rings (SSSR count). The van der Waals surface area contributed by atoms with Crippen LogP contribution >= 0.6 is 11.8 Å². The van der Waals surface area contributed by atoms with Gasteiger partial charge in [0, 0.05) is 15.2 Å². The first kappa shape index (κ1) is 29.1. The van der Waals surface area contributed by atoms with Crippen LogP contribution in [0, 0.1) is 0 Å². The van der Waals surface area contributed by atoms with Crippen molar-refractivity contribution in [2.24, 2.45) is 0 Å². The molecule has 1 heteroatoms. The molecule has 0 radical (unpaired) electrons. The van der Waals surface area contributed by atoms with Gasteiger partial charge < -0.3 is 0 Å². The molecular weight excluding hydrogens is 609 g/mol. The lowest BCUT2D eigenvalue weighted by Crippen LogP contribution is -2.32. The van der Waals surface area contributed by atoms with E-state index in [0.29, 0.717) is 5.92 Å². The summed E-state index contributed by atoms with van der Waals surface area (Å²) in [5, 5.41) is 2.60. The predicted molar refractivity (Wildman–Crippen MR) is 206 cm³/mol. The molecule has 0 bridgehead atoms. The van der Waals surface area contributed by atoms with Gasteiger partial charge in [-0.3, -0.25) is 0 Å². The van der Waals surface area contributed by atoms with Gasteiger partial charge in [-0.25, -0.2) is 0 Å². The van der Waals surface area contributed by atoms with Crippen molar-refractivity contribution in [3.8, 4) is 22.3 Å². The molecule has 3 aliphatic rings. The molecule has 0 nitrogen and oxygen atoms in total. The van der Waals surface area contributed by atoms with Crippen LogP contribution in [0.1, 0.15) is 77.6 Å². The van der Waals surface area contributed by atoms with E-state index in [4.69, 9.17) is 0 Å². The highest BCUT2D eigenvalue weighted by molar-refractivity contribution is 7.99. The van der Waals surface area contributed by atoms with Gasteiger partial charge >= 0.3 is 0 Å². The molecule has 1 atom stereocenters. The molecule has 1 unspecified atom stereocenters. The first-order valence-electron chi connectivity index (χ1n) is 17.8. The zero-order valence-electron chi connectivity index (χ0n) is 28.3. The van der Waals surface area contributed by atoms with Crippen LogP contribution in [0.5, 0.6) is 0 Å². The van der Waals surface area contributed by atoms with Crippen molar-refractivity contribution in [3.63, 3.8) is 0 Å². The number of benzene rings is 7. The molecule has 0 saturated heterocycles. The van der Waals surface area contributed by atoms with Gasteiger partial charge in [0.2, 0.25) is 0 Å². The van der Waals surface area contributed by atoms with E-state index in [1.165, 1.54) is 87.3 Å². The summed E-state index contributed by atoms with van der Waals surface area (Å²) in [6.45, 7) is 7.14. The maximum Gasteiger partial charge on any atom is 0.0735 e. The van der Waals surface area contributed by atoms with Gasteiger partial charge in [0.15, 0.2) is 0 Å². The van der Waals surface area contributed by atoms with Crippen molar-refractivity contribution in [3.05, 3.63) is 190 Å². The number of hydrogen-bond acceptors (Lipinski definition) is 1. The van der Waals surface area contributed by atoms with Crippen molar-refractivity contribution in [1.82, 2.24) is 0 Å². The fraction of sp³-hybridized carbons (Fsp3) is 0.167. The summed E-state index contributed by atoms with van der Waals surface area (Å²) >= 11 is 1.92. The smallest absolute Gasteiger partial charge is 0.0735 e. The Kier molecular flexibility index (Phi) is 6.28. The van der Waals surface area contributed by atoms with Crippen LogP contribution < -0.4 is 0 Å². The number of fused-ring (bicyclic) bond motifs is 13. The SMILES string of the molecule is CCC(Cc1ccc2c(c1)C1(c3ccccc3Sc3ccccc31)c1cc3ccccc3cc1-2)c1ccc2c(c1)C(C)(C)c1ccccc1-2. The first-order chi connectivity index (χ1) is 24.0. The van der Waals surface area contributed by atoms with Crippen molar-refractivity contribution in [2.75, 3.05) is 0 Å². The third kappa shape index (κ3) is 4.00. The lowest BCUT2D eigenvalue weighted by atomic mass is 9.67. The Morgan fingerprint density at radius 2 is 1.06 bits per heavy atom. The summed E-state index contributed by atoms with van der Waals surface area (Å²) in [4.78, 5) is 2.71. The topological polar surface area (TPSA) is 0 Å². The Hall–Kier alpha value is -4.85. The number of hydrogen-bond donors (Lipinski definition) is 0. The summed E-state index contributed by atoms with van der Waals surface area (Å²) in [5.41, 5.74) is 16.6. The van der Waals surface area contributed by atoms with E-state index >= 15 is 0 Å². The zero-order chi connectivity index (χ0) is 32.9. The highest BCUT2D eigenvalue weighted by Crippen LogP contribution is 2.62. The van der Waals surface area contributed by atoms with Crippen LogP contribution in [-0.2, 0) is 17.3 Å². The Balaban J connectivity index is 1.15. The Morgan fingerprint density at radius 3 is 1.80 bits per heavy atom. The minimum Gasteiger partial charge on any atom is -0.0894 e. The molecule has 0 fully saturated rings. The molecule has 1 heterocycles. The van der Waals surface area contributed by atoms with Crippen LogP contribution in [0.15, 0.2) is 155 Å². The molecule has 7 aromatic carbocycles. The molecule has 0 N–H and O–H groups in total. The van der Waals surface area contributed by atoms with E-state index in [-0.39, 0.29) is 10.8 Å². The lowest BCUT2D eigenvalue weighted by molar-refractivity contribution is 0.639. The molecule has 0 amide bonds. The van der Waals surface area contributed by atoms with Crippen molar-refractivity contribution in [1.29, 1.82) is 0 Å². The van der Waals surface area contributed by atoms with Crippen LogP contribution in [0.2, 0.25) is 0 Å². The van der Waals surface area contributed by atoms with E-state index in [2.05, 4.69) is 166 Å². The Bertz CT molecular complexity index is 2430. The molecule has 2 aliphatic carbocycles. The molecule has 49 heavy (non-hydrogen) atoms. The average molecular weight is 647 g/mol. The van der Waals surface area contributed by atoms with E-state index < -0.39 is 0 Å². The normalized spacial score (nSPS) is 16.0. The first-order valence-corrected chi connectivity index (χ1v) is 18.6. The largest absolute Gasteiger partial charge is 0.0894 e. The third-order valence-corrected chi connectivity index (χ3v) is 13.1. The summed E-state index contributed by atoms with van der Waals surface area (Å²) < 4.78 is 0. The van der Waals surface area contributed by atoms with Crippen molar-refractivity contribution >= 4 is 22.5 Å². The molecule has 0 aromatic heterocycles. The van der Waals surface area contributed by atoms with E-state index in [1.807, 2.05) is 11.8 Å². The average Bonchev–Trinajstić information content (AvgIpc) is 3.54. The molecule has 1 aliphatic heterocycles. The van der Waals surface area contributed by atoms with Crippen LogP contribution in [0.25, 0.3) is 33.0 Å². The fourth-order valence-electron chi connectivity index (χ4n) is 9.51. The summed E-state index contributed by atoms with van der Waals surface area (Å²) in [6, 6.07) is 55.8. The van der Waals surface area contributed by atoms with Gasteiger partial charge in [0.05, 0.1) is 5.41 Å². The monoisotopic (exact) mass is 646 g/mol. The minimum atomic E-state index is -0.367. The molecular formula is C48H38S. The van der Waals surface area contributed by atoms with Gasteiger partial charge in [-0.05, 0) is 121 Å². The quantitative estimate of drug-likeness (QED) is 0.183. The maximum atomic E-state index is 2.58. The summed E-state index contributed by atoms with van der Waals surface area (Å²) in [5.74, 6) is 0.437. The highest BCUT2D eigenvalue weighted by Gasteiger charge is 2.50. The van der Waals surface area contributed by atoms with Crippen LogP contribution in [0.3, 0.4) is 0 Å². The van der Waals surface area contributed by atoms with Crippen LogP contribution in [0.4, 0.5) is 0 Å².